The molecule has 150 valence electrons. The van der Waals surface area contributed by atoms with E-state index in [0.29, 0.717) is 37.2 Å². The van der Waals surface area contributed by atoms with Crippen LogP contribution in [0.5, 0.6) is 0 Å². The molecule has 2 heterocycles. The SMILES string of the molecule is CN(CCO)C(=O)c1cccc(CC2CCN(CC3COCCOC3)C2)c1. The van der Waals surface area contributed by atoms with Gasteiger partial charge in [-0.15, -0.1) is 0 Å². The van der Waals surface area contributed by atoms with Crippen LogP contribution in [0.15, 0.2) is 24.3 Å². The summed E-state index contributed by atoms with van der Waals surface area (Å²) in [7, 11) is 1.72. The molecule has 1 aromatic rings. The number of ether oxygens (including phenoxy) is 2. The van der Waals surface area contributed by atoms with E-state index in [1.54, 1.807) is 11.9 Å². The van der Waals surface area contributed by atoms with Gasteiger partial charge in [0.15, 0.2) is 0 Å². The van der Waals surface area contributed by atoms with Crippen LogP contribution in [0.2, 0.25) is 0 Å². The lowest BCUT2D eigenvalue weighted by Crippen LogP contribution is -2.31. The molecule has 2 fully saturated rings. The van der Waals surface area contributed by atoms with Crippen molar-refractivity contribution in [2.75, 3.05) is 66.3 Å². The molecular formula is C21H32N2O4. The Morgan fingerprint density at radius 3 is 2.78 bits per heavy atom. The fraction of sp³-hybridized carbons (Fsp3) is 0.667. The molecule has 1 amide bonds. The zero-order chi connectivity index (χ0) is 19.1. The molecule has 0 radical (unpaired) electrons. The van der Waals surface area contributed by atoms with E-state index in [0.717, 1.165) is 39.3 Å². The lowest BCUT2D eigenvalue weighted by molar-refractivity contribution is 0.0767. The molecule has 1 unspecified atom stereocenters. The van der Waals surface area contributed by atoms with E-state index >= 15 is 0 Å². The van der Waals surface area contributed by atoms with E-state index in [9.17, 15) is 4.79 Å². The van der Waals surface area contributed by atoms with E-state index in [-0.39, 0.29) is 12.5 Å². The van der Waals surface area contributed by atoms with E-state index in [4.69, 9.17) is 14.6 Å². The third-order valence-corrected chi connectivity index (χ3v) is 5.45. The highest BCUT2D eigenvalue weighted by Gasteiger charge is 2.26. The molecule has 2 saturated heterocycles. The fourth-order valence-electron chi connectivity index (χ4n) is 4.02. The van der Waals surface area contributed by atoms with Crippen molar-refractivity contribution in [3.63, 3.8) is 0 Å². The summed E-state index contributed by atoms with van der Waals surface area (Å²) >= 11 is 0. The average Bonchev–Trinajstić information content (AvgIpc) is 2.94. The van der Waals surface area contributed by atoms with Gasteiger partial charge in [-0.1, -0.05) is 12.1 Å². The van der Waals surface area contributed by atoms with Crippen molar-refractivity contribution in [1.82, 2.24) is 9.80 Å². The third kappa shape index (κ3) is 6.01. The Balaban J connectivity index is 1.50. The van der Waals surface area contributed by atoms with Crippen molar-refractivity contribution < 1.29 is 19.4 Å². The standard InChI is InChI=1S/C21H32N2O4/c1-22(7-8-24)21(25)20-4-2-3-17(12-20)11-18-5-6-23(13-18)14-19-15-26-9-10-27-16-19/h2-4,12,18-19,24H,5-11,13-16H2,1H3. The Labute approximate surface area is 162 Å². The molecule has 1 atom stereocenters. The van der Waals surface area contributed by atoms with Crippen molar-refractivity contribution in [1.29, 1.82) is 0 Å². The molecule has 0 spiro atoms. The molecule has 3 rings (SSSR count). The van der Waals surface area contributed by atoms with Gasteiger partial charge < -0.3 is 24.4 Å². The number of likely N-dealkylation sites (tertiary alicyclic amines) is 1. The van der Waals surface area contributed by atoms with Gasteiger partial charge in [0.1, 0.15) is 0 Å². The number of likely N-dealkylation sites (N-methyl/N-ethyl adjacent to an activating group) is 1. The van der Waals surface area contributed by atoms with Gasteiger partial charge in [0.05, 0.1) is 33.0 Å². The van der Waals surface area contributed by atoms with Crippen molar-refractivity contribution in [2.45, 2.75) is 12.8 Å². The lowest BCUT2D eigenvalue weighted by atomic mass is 9.97. The van der Waals surface area contributed by atoms with Crippen LogP contribution in [-0.2, 0) is 15.9 Å². The number of hydrogen-bond acceptors (Lipinski definition) is 5. The first-order valence-electron chi connectivity index (χ1n) is 9.99. The zero-order valence-electron chi connectivity index (χ0n) is 16.3. The average molecular weight is 376 g/mol. The molecule has 0 aliphatic carbocycles. The lowest BCUT2D eigenvalue weighted by Gasteiger charge is -2.22. The van der Waals surface area contributed by atoms with E-state index in [1.807, 2.05) is 18.2 Å². The highest BCUT2D eigenvalue weighted by Crippen LogP contribution is 2.23. The van der Waals surface area contributed by atoms with Crippen LogP contribution in [0.25, 0.3) is 0 Å². The van der Waals surface area contributed by atoms with Gasteiger partial charge in [-0.2, -0.15) is 0 Å². The van der Waals surface area contributed by atoms with Crippen LogP contribution in [0, 0.1) is 11.8 Å². The van der Waals surface area contributed by atoms with Crippen LogP contribution >= 0.6 is 0 Å². The minimum absolute atomic E-state index is 0.0170. The molecule has 0 bridgehead atoms. The number of carbonyl (C=O) groups excluding carboxylic acids is 1. The van der Waals surface area contributed by atoms with Gasteiger partial charge >= 0.3 is 0 Å². The van der Waals surface area contributed by atoms with E-state index < -0.39 is 0 Å². The van der Waals surface area contributed by atoms with Gasteiger partial charge in [0, 0.05) is 38.2 Å². The van der Waals surface area contributed by atoms with Crippen LogP contribution in [0.4, 0.5) is 0 Å². The van der Waals surface area contributed by atoms with Gasteiger partial charge in [0.25, 0.3) is 5.91 Å². The molecular weight excluding hydrogens is 344 g/mol. The summed E-state index contributed by atoms with van der Waals surface area (Å²) in [6.45, 7) is 6.62. The predicted molar refractivity (Wildman–Crippen MR) is 104 cm³/mol. The minimum Gasteiger partial charge on any atom is -0.395 e. The summed E-state index contributed by atoms with van der Waals surface area (Å²) in [6, 6.07) is 7.93. The largest absolute Gasteiger partial charge is 0.395 e. The summed E-state index contributed by atoms with van der Waals surface area (Å²) in [5.41, 5.74) is 1.91. The van der Waals surface area contributed by atoms with Gasteiger partial charge in [-0.3, -0.25) is 4.79 Å². The first-order valence-corrected chi connectivity index (χ1v) is 9.99. The number of aliphatic hydroxyl groups excluding tert-OH is 1. The normalized spacial score (nSPS) is 21.9. The van der Waals surface area contributed by atoms with Crippen molar-refractivity contribution in [2.24, 2.45) is 11.8 Å². The smallest absolute Gasteiger partial charge is 0.253 e. The number of rotatable bonds is 7. The second kappa shape index (κ2) is 10.2. The Morgan fingerprint density at radius 2 is 2.04 bits per heavy atom. The minimum atomic E-state index is -0.0349. The molecule has 2 aliphatic heterocycles. The summed E-state index contributed by atoms with van der Waals surface area (Å²) in [6.07, 6.45) is 2.19. The monoisotopic (exact) mass is 376 g/mol. The first-order chi connectivity index (χ1) is 13.2. The van der Waals surface area contributed by atoms with E-state index in [1.165, 1.54) is 12.0 Å². The van der Waals surface area contributed by atoms with Crippen LogP contribution < -0.4 is 0 Å². The van der Waals surface area contributed by atoms with Crippen molar-refractivity contribution in [3.8, 4) is 0 Å². The van der Waals surface area contributed by atoms with Crippen molar-refractivity contribution >= 4 is 5.91 Å². The molecule has 2 aliphatic rings. The number of hydrogen-bond donors (Lipinski definition) is 1. The predicted octanol–water partition coefficient (Wildman–Crippen LogP) is 1.28. The number of amides is 1. The Hall–Kier alpha value is -1.47. The number of aliphatic hydroxyl groups is 1. The molecule has 1 aromatic carbocycles. The van der Waals surface area contributed by atoms with E-state index in [2.05, 4.69) is 11.0 Å². The summed E-state index contributed by atoms with van der Waals surface area (Å²) in [5.74, 6) is 1.06. The topological polar surface area (TPSA) is 62.2 Å². The fourth-order valence-corrected chi connectivity index (χ4v) is 4.02. The summed E-state index contributed by atoms with van der Waals surface area (Å²) in [4.78, 5) is 16.5. The maximum absolute atomic E-state index is 12.4. The quantitative estimate of drug-likeness (QED) is 0.777. The molecule has 27 heavy (non-hydrogen) atoms. The maximum Gasteiger partial charge on any atom is 0.253 e. The Bertz CT molecular complexity index is 602. The van der Waals surface area contributed by atoms with Gasteiger partial charge in [-0.05, 0) is 43.0 Å². The number of benzene rings is 1. The molecule has 1 N–H and O–H groups in total. The molecule has 6 heteroatoms. The van der Waals surface area contributed by atoms with Gasteiger partial charge in [-0.25, -0.2) is 0 Å². The highest BCUT2D eigenvalue weighted by atomic mass is 16.5. The van der Waals surface area contributed by atoms with Crippen LogP contribution in [-0.4, -0.2) is 87.1 Å². The summed E-state index contributed by atoms with van der Waals surface area (Å²) < 4.78 is 11.2. The zero-order valence-corrected chi connectivity index (χ0v) is 16.3. The second-order valence-electron chi connectivity index (χ2n) is 7.78. The maximum atomic E-state index is 12.4. The van der Waals surface area contributed by atoms with Crippen molar-refractivity contribution in [3.05, 3.63) is 35.4 Å². The van der Waals surface area contributed by atoms with Crippen LogP contribution in [0.1, 0.15) is 22.3 Å². The third-order valence-electron chi connectivity index (χ3n) is 5.45. The molecule has 0 saturated carbocycles. The summed E-state index contributed by atoms with van der Waals surface area (Å²) in [5, 5.41) is 9.02. The highest BCUT2D eigenvalue weighted by molar-refractivity contribution is 5.94. The Morgan fingerprint density at radius 1 is 1.26 bits per heavy atom. The van der Waals surface area contributed by atoms with Crippen LogP contribution in [0.3, 0.4) is 0 Å². The second-order valence-corrected chi connectivity index (χ2v) is 7.78. The molecule has 6 nitrogen and oxygen atoms in total. The first kappa shape index (κ1) is 20.3. The Kier molecular flexibility index (Phi) is 7.64. The number of nitrogens with zero attached hydrogens (tertiary/aromatic N) is 2. The van der Waals surface area contributed by atoms with Gasteiger partial charge in [0.2, 0.25) is 0 Å². The molecule has 0 aromatic heterocycles. The number of carbonyl (C=O) groups is 1.